The Balaban J connectivity index is 2.44. The van der Waals surface area contributed by atoms with Crippen LogP contribution in [0.5, 0.6) is 0 Å². The molecule has 0 saturated heterocycles. The van der Waals surface area contributed by atoms with Crippen LogP contribution in [0.4, 0.5) is 0 Å². The third-order valence-corrected chi connectivity index (χ3v) is 3.46. The standard InChI is InChI=1S/C15H18N2O3/c1-3-17(4-2)13(18)9-11-10-7-5-6-8-12(10)16-14(11)15(19)20/h5-8,16H,3-4,9H2,1-2H3,(H,19,20)/p-1. The zero-order valence-corrected chi connectivity index (χ0v) is 11.6. The van der Waals surface area contributed by atoms with E-state index in [1.807, 2.05) is 32.0 Å². The molecular formula is C15H17N2O3-. The van der Waals surface area contributed by atoms with Crippen molar-refractivity contribution in [3.63, 3.8) is 0 Å². The second-order valence-corrected chi connectivity index (χ2v) is 4.55. The molecule has 1 heterocycles. The van der Waals surface area contributed by atoms with Crippen molar-refractivity contribution in [2.75, 3.05) is 13.1 Å². The number of nitrogens with zero attached hydrogens (tertiary/aromatic N) is 1. The average molecular weight is 273 g/mol. The normalized spacial score (nSPS) is 10.7. The summed E-state index contributed by atoms with van der Waals surface area (Å²) < 4.78 is 0. The summed E-state index contributed by atoms with van der Waals surface area (Å²) in [5.74, 6) is -1.37. The fourth-order valence-electron chi connectivity index (χ4n) is 2.40. The molecule has 0 atom stereocenters. The van der Waals surface area contributed by atoms with Gasteiger partial charge in [-0.2, -0.15) is 0 Å². The van der Waals surface area contributed by atoms with Gasteiger partial charge in [0.15, 0.2) is 0 Å². The van der Waals surface area contributed by atoms with E-state index in [1.54, 1.807) is 11.0 Å². The van der Waals surface area contributed by atoms with E-state index in [9.17, 15) is 14.7 Å². The maximum absolute atomic E-state index is 12.2. The molecule has 0 bridgehead atoms. The highest BCUT2D eigenvalue weighted by Gasteiger charge is 2.17. The summed E-state index contributed by atoms with van der Waals surface area (Å²) in [5, 5.41) is 12.0. The topological polar surface area (TPSA) is 76.2 Å². The van der Waals surface area contributed by atoms with Crippen LogP contribution in [0.15, 0.2) is 24.3 Å². The molecule has 0 spiro atoms. The van der Waals surface area contributed by atoms with E-state index in [1.165, 1.54) is 0 Å². The Morgan fingerprint density at radius 3 is 2.45 bits per heavy atom. The van der Waals surface area contributed by atoms with Crippen LogP contribution in [0.3, 0.4) is 0 Å². The van der Waals surface area contributed by atoms with Crippen LogP contribution >= 0.6 is 0 Å². The molecule has 0 unspecified atom stereocenters. The number of nitrogens with one attached hydrogen (secondary N) is 1. The summed E-state index contributed by atoms with van der Waals surface area (Å²) >= 11 is 0. The molecule has 1 aromatic carbocycles. The lowest BCUT2D eigenvalue weighted by molar-refractivity contribution is -0.255. The van der Waals surface area contributed by atoms with Gasteiger partial charge >= 0.3 is 0 Å². The van der Waals surface area contributed by atoms with Gasteiger partial charge in [-0.1, -0.05) is 18.2 Å². The number of likely N-dealkylation sites (N-methyl/N-ethyl adjacent to an activating group) is 1. The van der Waals surface area contributed by atoms with Gasteiger partial charge in [0.05, 0.1) is 18.1 Å². The Morgan fingerprint density at radius 2 is 1.85 bits per heavy atom. The van der Waals surface area contributed by atoms with Crippen molar-refractivity contribution >= 4 is 22.8 Å². The smallest absolute Gasteiger partial charge is 0.227 e. The number of amides is 1. The molecule has 1 aromatic heterocycles. The van der Waals surface area contributed by atoms with Crippen molar-refractivity contribution in [2.24, 2.45) is 0 Å². The summed E-state index contributed by atoms with van der Waals surface area (Å²) in [4.78, 5) is 27.9. The number of aromatic carboxylic acids is 1. The molecular weight excluding hydrogens is 256 g/mol. The van der Waals surface area contributed by atoms with E-state index >= 15 is 0 Å². The molecule has 106 valence electrons. The minimum Gasteiger partial charge on any atom is -0.543 e. The van der Waals surface area contributed by atoms with Gasteiger partial charge in [-0.15, -0.1) is 0 Å². The van der Waals surface area contributed by atoms with Gasteiger partial charge in [-0.3, -0.25) is 4.79 Å². The molecule has 1 N–H and O–H groups in total. The summed E-state index contributed by atoms with van der Waals surface area (Å²) in [6, 6.07) is 7.23. The minimum atomic E-state index is -1.29. The van der Waals surface area contributed by atoms with E-state index in [4.69, 9.17) is 0 Å². The molecule has 5 heteroatoms. The highest BCUT2D eigenvalue weighted by Crippen LogP contribution is 2.23. The second-order valence-electron chi connectivity index (χ2n) is 4.55. The maximum atomic E-state index is 12.2. The summed E-state index contributed by atoms with van der Waals surface area (Å²) in [5.41, 5.74) is 1.19. The Labute approximate surface area is 117 Å². The van der Waals surface area contributed by atoms with Crippen LogP contribution in [0, 0.1) is 0 Å². The number of para-hydroxylation sites is 1. The number of aromatic nitrogens is 1. The van der Waals surface area contributed by atoms with E-state index < -0.39 is 5.97 Å². The highest BCUT2D eigenvalue weighted by atomic mass is 16.4. The lowest BCUT2D eigenvalue weighted by Crippen LogP contribution is -2.32. The van der Waals surface area contributed by atoms with Crippen LogP contribution in [0.1, 0.15) is 29.9 Å². The van der Waals surface area contributed by atoms with Gasteiger partial charge in [-0.25, -0.2) is 0 Å². The van der Waals surface area contributed by atoms with Crippen molar-refractivity contribution < 1.29 is 14.7 Å². The third-order valence-electron chi connectivity index (χ3n) is 3.46. The first-order valence-electron chi connectivity index (χ1n) is 6.67. The summed E-state index contributed by atoms with van der Waals surface area (Å²) in [7, 11) is 0. The number of hydrogen-bond acceptors (Lipinski definition) is 3. The molecule has 0 saturated carbocycles. The lowest BCUT2D eigenvalue weighted by Gasteiger charge is -2.18. The lowest BCUT2D eigenvalue weighted by atomic mass is 10.1. The molecule has 20 heavy (non-hydrogen) atoms. The van der Waals surface area contributed by atoms with Gasteiger partial charge in [0.2, 0.25) is 5.91 Å². The number of carboxylic acids is 1. The minimum absolute atomic E-state index is 0.00768. The van der Waals surface area contributed by atoms with Gasteiger partial charge in [0, 0.05) is 24.0 Å². The number of hydrogen-bond donors (Lipinski definition) is 1. The largest absolute Gasteiger partial charge is 0.543 e. The fourth-order valence-corrected chi connectivity index (χ4v) is 2.40. The number of fused-ring (bicyclic) bond motifs is 1. The van der Waals surface area contributed by atoms with Crippen molar-refractivity contribution in [3.05, 3.63) is 35.5 Å². The van der Waals surface area contributed by atoms with Crippen molar-refractivity contribution in [2.45, 2.75) is 20.3 Å². The molecule has 0 fully saturated rings. The van der Waals surface area contributed by atoms with Crippen LogP contribution in [-0.4, -0.2) is 34.8 Å². The number of carboxylic acid groups (broad SMARTS) is 1. The molecule has 1 amide bonds. The van der Waals surface area contributed by atoms with Crippen LogP contribution in [0.2, 0.25) is 0 Å². The molecule has 2 aromatic rings. The zero-order valence-electron chi connectivity index (χ0n) is 11.6. The molecule has 5 nitrogen and oxygen atoms in total. The monoisotopic (exact) mass is 273 g/mol. The first-order valence-corrected chi connectivity index (χ1v) is 6.67. The van der Waals surface area contributed by atoms with E-state index in [0.717, 1.165) is 5.39 Å². The number of carbonyl (C=O) groups is 2. The number of benzene rings is 1. The Kier molecular flexibility index (Phi) is 4.08. The van der Waals surface area contributed by atoms with E-state index in [2.05, 4.69) is 4.98 Å². The Bertz CT molecular complexity index is 642. The summed E-state index contributed by atoms with van der Waals surface area (Å²) in [6.45, 7) is 5.02. The number of carbonyl (C=O) groups excluding carboxylic acids is 2. The quantitative estimate of drug-likeness (QED) is 0.881. The predicted octanol–water partition coefficient (Wildman–Crippen LogP) is 0.942. The molecule has 0 aliphatic heterocycles. The first kappa shape index (κ1) is 14.1. The van der Waals surface area contributed by atoms with Crippen LogP contribution in [-0.2, 0) is 11.2 Å². The molecule has 2 rings (SSSR count). The zero-order chi connectivity index (χ0) is 14.7. The maximum Gasteiger partial charge on any atom is 0.227 e. The second kappa shape index (κ2) is 5.77. The fraction of sp³-hybridized carbons (Fsp3) is 0.333. The van der Waals surface area contributed by atoms with E-state index in [-0.39, 0.29) is 18.0 Å². The van der Waals surface area contributed by atoms with Gasteiger partial charge in [0.25, 0.3) is 0 Å². The molecule has 0 radical (unpaired) electrons. The Hall–Kier alpha value is -2.30. The van der Waals surface area contributed by atoms with Gasteiger partial charge < -0.3 is 19.8 Å². The Morgan fingerprint density at radius 1 is 1.20 bits per heavy atom. The van der Waals surface area contributed by atoms with Crippen LogP contribution in [0.25, 0.3) is 10.9 Å². The van der Waals surface area contributed by atoms with Gasteiger partial charge in [-0.05, 0) is 25.5 Å². The number of rotatable bonds is 5. The highest BCUT2D eigenvalue weighted by molar-refractivity contribution is 5.99. The summed E-state index contributed by atoms with van der Waals surface area (Å²) in [6.07, 6.45) is 0.0645. The van der Waals surface area contributed by atoms with Crippen molar-refractivity contribution in [3.8, 4) is 0 Å². The third kappa shape index (κ3) is 2.52. The van der Waals surface area contributed by atoms with Gasteiger partial charge in [0.1, 0.15) is 0 Å². The van der Waals surface area contributed by atoms with E-state index in [0.29, 0.717) is 24.2 Å². The number of aromatic amines is 1. The predicted molar refractivity (Wildman–Crippen MR) is 74.3 cm³/mol. The molecule has 0 aliphatic carbocycles. The first-order chi connectivity index (χ1) is 9.58. The SMILES string of the molecule is CCN(CC)C(=O)Cc1c(C(=O)[O-])[nH]c2ccccc12. The average Bonchev–Trinajstić information content (AvgIpc) is 2.79. The molecule has 0 aliphatic rings. The number of H-pyrrole nitrogens is 1. The van der Waals surface area contributed by atoms with Crippen LogP contribution < -0.4 is 5.11 Å². The van der Waals surface area contributed by atoms with Crippen molar-refractivity contribution in [1.82, 2.24) is 9.88 Å². The van der Waals surface area contributed by atoms with Crippen molar-refractivity contribution in [1.29, 1.82) is 0 Å².